The van der Waals surface area contributed by atoms with E-state index < -0.39 is 6.10 Å². The first-order valence-electron chi connectivity index (χ1n) is 8.99. The maximum Gasteiger partial charge on any atom is 0.204 e. The molecule has 0 radical (unpaired) electrons. The Hall–Kier alpha value is -2.87. The number of carbonyl (C=O) groups excluding carboxylic acids is 1. The minimum atomic E-state index is -0.532. The van der Waals surface area contributed by atoms with E-state index in [4.69, 9.17) is 4.74 Å². The van der Waals surface area contributed by atoms with Crippen LogP contribution in [0.5, 0.6) is 5.75 Å². The van der Waals surface area contributed by atoms with E-state index in [0.29, 0.717) is 0 Å². The van der Waals surface area contributed by atoms with E-state index in [2.05, 4.69) is 37.3 Å². The molecule has 0 fully saturated rings. The molecule has 0 aliphatic carbocycles. The number of ether oxygens (including phenoxy) is 1. The van der Waals surface area contributed by atoms with Crippen molar-refractivity contribution in [3.63, 3.8) is 0 Å². The highest BCUT2D eigenvalue weighted by Gasteiger charge is 2.41. The summed E-state index contributed by atoms with van der Waals surface area (Å²) in [4.78, 5) is 13.5. The molecule has 0 amide bonds. The Morgan fingerprint density at radius 1 is 0.846 bits per heavy atom. The van der Waals surface area contributed by atoms with Crippen molar-refractivity contribution in [2.45, 2.75) is 32.8 Å². The highest BCUT2D eigenvalue weighted by Crippen LogP contribution is 2.43. The number of fused-ring (bicyclic) bond motifs is 1. The van der Waals surface area contributed by atoms with Crippen molar-refractivity contribution in [1.29, 1.82) is 0 Å². The van der Waals surface area contributed by atoms with Crippen molar-refractivity contribution < 1.29 is 9.53 Å². The first-order valence-corrected chi connectivity index (χ1v) is 8.99. The third-order valence-electron chi connectivity index (χ3n) is 5.15. The van der Waals surface area contributed by atoms with Gasteiger partial charge in [-0.05, 0) is 43.5 Å². The predicted octanol–water partition coefficient (Wildman–Crippen LogP) is 5.39. The molecular weight excluding hydrogens is 320 g/mol. The van der Waals surface area contributed by atoms with Crippen LogP contribution in [0.3, 0.4) is 0 Å². The molecule has 0 unspecified atom stereocenters. The van der Waals surface area contributed by atoms with E-state index in [1.165, 1.54) is 5.56 Å². The molecule has 0 saturated heterocycles. The molecule has 2 atom stereocenters. The molecule has 26 heavy (non-hydrogen) atoms. The lowest BCUT2D eigenvalue weighted by Crippen LogP contribution is -2.31. The smallest absolute Gasteiger partial charge is 0.204 e. The fourth-order valence-electron chi connectivity index (χ4n) is 4.14. The Bertz CT molecular complexity index is 950. The van der Waals surface area contributed by atoms with E-state index in [-0.39, 0.29) is 11.7 Å². The number of ketones is 1. The van der Waals surface area contributed by atoms with Gasteiger partial charge in [0, 0.05) is 11.1 Å². The third kappa shape index (κ3) is 2.72. The molecule has 0 aromatic heterocycles. The summed E-state index contributed by atoms with van der Waals surface area (Å²) >= 11 is 0. The van der Waals surface area contributed by atoms with Gasteiger partial charge in [-0.2, -0.15) is 0 Å². The molecule has 1 aliphatic heterocycles. The van der Waals surface area contributed by atoms with Crippen molar-refractivity contribution in [1.82, 2.24) is 0 Å². The van der Waals surface area contributed by atoms with Crippen LogP contribution >= 0.6 is 0 Å². The van der Waals surface area contributed by atoms with Crippen LogP contribution in [-0.2, 0) is 0 Å². The number of para-hydroxylation sites is 1. The molecule has 0 spiro atoms. The van der Waals surface area contributed by atoms with Crippen molar-refractivity contribution in [3.8, 4) is 5.75 Å². The first kappa shape index (κ1) is 16.6. The maximum absolute atomic E-state index is 13.5. The molecule has 0 bridgehead atoms. The predicted molar refractivity (Wildman–Crippen MR) is 104 cm³/mol. The van der Waals surface area contributed by atoms with Gasteiger partial charge >= 0.3 is 0 Å². The van der Waals surface area contributed by atoms with Gasteiger partial charge in [0.25, 0.3) is 0 Å². The lowest BCUT2D eigenvalue weighted by molar-refractivity contribution is 0.0805. The number of carbonyl (C=O) groups is 1. The normalized spacial score (nSPS) is 18.3. The van der Waals surface area contributed by atoms with Crippen LogP contribution in [0.1, 0.15) is 44.1 Å². The molecule has 0 saturated carbocycles. The summed E-state index contributed by atoms with van der Waals surface area (Å²) in [6.45, 7) is 6.07. The van der Waals surface area contributed by atoms with Gasteiger partial charge in [-0.3, -0.25) is 4.79 Å². The van der Waals surface area contributed by atoms with Crippen LogP contribution in [0.4, 0.5) is 0 Å². The molecule has 1 heterocycles. The van der Waals surface area contributed by atoms with Crippen LogP contribution in [0, 0.1) is 20.8 Å². The highest BCUT2D eigenvalue weighted by atomic mass is 16.5. The van der Waals surface area contributed by atoms with Gasteiger partial charge in [0.05, 0.1) is 5.92 Å². The Morgan fingerprint density at radius 3 is 2.15 bits per heavy atom. The summed E-state index contributed by atoms with van der Waals surface area (Å²) in [5.41, 5.74) is 6.18. The number of hydrogen-bond donors (Lipinski definition) is 0. The standard InChI is InChI=1S/C24H22O2/c1-15-13-16(2)21(17(3)14-15)23(25)24-22(18-9-5-4-6-10-18)19-11-7-8-12-20(19)26-24/h4-14,22,24H,1-3H3/t22-,24+/m1/s1. The molecule has 2 heteroatoms. The van der Waals surface area contributed by atoms with E-state index in [0.717, 1.165) is 33.6 Å². The summed E-state index contributed by atoms with van der Waals surface area (Å²) in [6, 6.07) is 22.3. The Kier molecular flexibility index (Phi) is 4.12. The maximum atomic E-state index is 13.5. The minimum Gasteiger partial charge on any atom is -0.481 e. The van der Waals surface area contributed by atoms with Crippen LogP contribution in [0.15, 0.2) is 66.7 Å². The van der Waals surface area contributed by atoms with Crippen LogP contribution in [0.2, 0.25) is 0 Å². The summed E-state index contributed by atoms with van der Waals surface area (Å²) in [7, 11) is 0. The quantitative estimate of drug-likeness (QED) is 0.597. The summed E-state index contributed by atoms with van der Waals surface area (Å²) in [5.74, 6) is 0.784. The fraction of sp³-hybridized carbons (Fsp3) is 0.208. The number of aryl methyl sites for hydroxylation is 3. The SMILES string of the molecule is Cc1cc(C)c(C(=O)[C@H]2Oc3ccccc3[C@H]2c2ccccc2)c(C)c1. The number of benzene rings is 3. The van der Waals surface area contributed by atoms with Crippen molar-refractivity contribution in [2.24, 2.45) is 0 Å². The largest absolute Gasteiger partial charge is 0.481 e. The lowest BCUT2D eigenvalue weighted by atomic mass is 9.83. The topological polar surface area (TPSA) is 26.3 Å². The zero-order chi connectivity index (χ0) is 18.3. The van der Waals surface area contributed by atoms with Crippen molar-refractivity contribution in [2.75, 3.05) is 0 Å². The second kappa shape index (κ2) is 6.45. The fourth-order valence-corrected chi connectivity index (χ4v) is 4.14. The number of rotatable bonds is 3. The van der Waals surface area contributed by atoms with E-state index in [1.807, 2.05) is 50.2 Å². The number of Topliss-reactive ketones (excluding diaryl/α,β-unsaturated/α-hetero) is 1. The zero-order valence-electron chi connectivity index (χ0n) is 15.3. The zero-order valence-corrected chi connectivity index (χ0v) is 15.3. The van der Waals surface area contributed by atoms with E-state index >= 15 is 0 Å². The monoisotopic (exact) mass is 342 g/mol. The van der Waals surface area contributed by atoms with Gasteiger partial charge in [-0.1, -0.05) is 66.2 Å². The van der Waals surface area contributed by atoms with Gasteiger partial charge in [0.15, 0.2) is 6.10 Å². The lowest BCUT2D eigenvalue weighted by Gasteiger charge is -2.21. The Labute approximate surface area is 154 Å². The van der Waals surface area contributed by atoms with Gasteiger partial charge in [0.1, 0.15) is 5.75 Å². The average molecular weight is 342 g/mol. The molecule has 4 rings (SSSR count). The van der Waals surface area contributed by atoms with Crippen LogP contribution in [-0.4, -0.2) is 11.9 Å². The summed E-state index contributed by atoms with van der Waals surface area (Å²) in [6.07, 6.45) is -0.532. The second-order valence-corrected chi connectivity index (χ2v) is 7.10. The molecule has 1 aliphatic rings. The van der Waals surface area contributed by atoms with Gasteiger partial charge in [-0.25, -0.2) is 0 Å². The van der Waals surface area contributed by atoms with Gasteiger partial charge in [-0.15, -0.1) is 0 Å². The summed E-state index contributed by atoms with van der Waals surface area (Å²) in [5, 5.41) is 0. The van der Waals surface area contributed by atoms with Crippen LogP contribution in [0.25, 0.3) is 0 Å². The van der Waals surface area contributed by atoms with Gasteiger partial charge < -0.3 is 4.74 Å². The highest BCUT2D eigenvalue weighted by molar-refractivity contribution is 6.03. The molecule has 2 nitrogen and oxygen atoms in total. The molecule has 3 aromatic rings. The summed E-state index contributed by atoms with van der Waals surface area (Å²) < 4.78 is 6.18. The molecular formula is C24H22O2. The Morgan fingerprint density at radius 2 is 1.46 bits per heavy atom. The Balaban J connectivity index is 1.82. The van der Waals surface area contributed by atoms with Crippen molar-refractivity contribution >= 4 is 5.78 Å². The minimum absolute atomic E-state index is 0.0602. The molecule has 0 N–H and O–H groups in total. The molecule has 3 aromatic carbocycles. The average Bonchev–Trinajstić information content (AvgIpc) is 3.01. The first-order chi connectivity index (χ1) is 12.6. The van der Waals surface area contributed by atoms with Gasteiger partial charge in [0.2, 0.25) is 5.78 Å². The van der Waals surface area contributed by atoms with Crippen molar-refractivity contribution in [3.05, 3.63) is 100 Å². The van der Waals surface area contributed by atoms with E-state index in [1.54, 1.807) is 0 Å². The number of hydrogen-bond acceptors (Lipinski definition) is 2. The second-order valence-electron chi connectivity index (χ2n) is 7.10. The molecule has 130 valence electrons. The van der Waals surface area contributed by atoms with E-state index in [9.17, 15) is 4.79 Å². The van der Waals surface area contributed by atoms with Crippen LogP contribution < -0.4 is 4.74 Å². The third-order valence-corrected chi connectivity index (χ3v) is 5.15.